The summed E-state index contributed by atoms with van der Waals surface area (Å²) in [7, 11) is 0. The van der Waals surface area contributed by atoms with Gasteiger partial charge in [0.2, 0.25) is 0 Å². The van der Waals surface area contributed by atoms with Crippen molar-refractivity contribution in [3.63, 3.8) is 0 Å². The van der Waals surface area contributed by atoms with Gasteiger partial charge in [-0.1, -0.05) is 12.1 Å². The first-order valence-corrected chi connectivity index (χ1v) is 5.73. The summed E-state index contributed by atoms with van der Waals surface area (Å²) in [6.07, 6.45) is 0.803. The first-order chi connectivity index (χ1) is 8.26. The molecule has 0 aliphatic rings. The Morgan fingerprint density at radius 1 is 1.24 bits per heavy atom. The Morgan fingerprint density at radius 3 is 2.53 bits per heavy atom. The number of nitrogen functional groups attached to an aromatic ring is 1. The molecular formula is C13H16N2O2. The van der Waals surface area contributed by atoms with Crippen molar-refractivity contribution in [3.8, 4) is 17.1 Å². The molecule has 0 saturated heterocycles. The van der Waals surface area contributed by atoms with Crippen LogP contribution in [0.1, 0.15) is 19.4 Å². The van der Waals surface area contributed by atoms with Crippen LogP contribution in [0, 0.1) is 0 Å². The van der Waals surface area contributed by atoms with Crippen LogP contribution in [0.3, 0.4) is 0 Å². The van der Waals surface area contributed by atoms with E-state index in [-0.39, 0.29) is 0 Å². The van der Waals surface area contributed by atoms with Crippen molar-refractivity contribution in [1.82, 2.24) is 5.16 Å². The molecule has 0 aliphatic carbocycles. The molecule has 4 nitrogen and oxygen atoms in total. The van der Waals surface area contributed by atoms with Crippen molar-refractivity contribution >= 4 is 5.82 Å². The molecule has 4 heteroatoms. The van der Waals surface area contributed by atoms with E-state index in [0.717, 1.165) is 29.1 Å². The molecule has 0 bridgehead atoms. The van der Waals surface area contributed by atoms with Crippen LogP contribution in [0.4, 0.5) is 5.82 Å². The lowest BCUT2D eigenvalue weighted by atomic mass is 10.1. The van der Waals surface area contributed by atoms with Crippen molar-refractivity contribution in [1.29, 1.82) is 0 Å². The number of aromatic nitrogens is 1. The van der Waals surface area contributed by atoms with Crippen LogP contribution >= 0.6 is 0 Å². The third kappa shape index (κ3) is 2.25. The van der Waals surface area contributed by atoms with E-state index in [0.29, 0.717) is 12.4 Å². The highest BCUT2D eigenvalue weighted by molar-refractivity contribution is 5.66. The van der Waals surface area contributed by atoms with Crippen molar-refractivity contribution in [2.45, 2.75) is 20.3 Å². The summed E-state index contributed by atoms with van der Waals surface area (Å²) in [5, 5.41) is 3.79. The second-order valence-electron chi connectivity index (χ2n) is 3.69. The lowest BCUT2D eigenvalue weighted by molar-refractivity contribution is 0.340. The van der Waals surface area contributed by atoms with Crippen LogP contribution < -0.4 is 10.5 Å². The van der Waals surface area contributed by atoms with Gasteiger partial charge in [0.25, 0.3) is 0 Å². The summed E-state index contributed by atoms with van der Waals surface area (Å²) in [4.78, 5) is 0. The molecule has 0 unspecified atom stereocenters. The van der Waals surface area contributed by atoms with E-state index in [1.165, 1.54) is 0 Å². The summed E-state index contributed by atoms with van der Waals surface area (Å²) in [6, 6.07) is 7.72. The van der Waals surface area contributed by atoms with Gasteiger partial charge in [-0.25, -0.2) is 0 Å². The fourth-order valence-corrected chi connectivity index (χ4v) is 1.76. The topological polar surface area (TPSA) is 61.3 Å². The van der Waals surface area contributed by atoms with E-state index >= 15 is 0 Å². The monoisotopic (exact) mass is 232 g/mol. The highest BCUT2D eigenvalue weighted by Crippen LogP contribution is 2.29. The maximum Gasteiger partial charge on any atom is 0.172 e. The largest absolute Gasteiger partial charge is 0.494 e. The first-order valence-electron chi connectivity index (χ1n) is 5.73. The second kappa shape index (κ2) is 4.91. The van der Waals surface area contributed by atoms with Gasteiger partial charge in [0.15, 0.2) is 11.6 Å². The lowest BCUT2D eigenvalue weighted by Crippen LogP contribution is -1.92. The van der Waals surface area contributed by atoms with Gasteiger partial charge in [0, 0.05) is 11.1 Å². The zero-order valence-corrected chi connectivity index (χ0v) is 10.1. The number of rotatable bonds is 4. The summed E-state index contributed by atoms with van der Waals surface area (Å²) >= 11 is 0. The van der Waals surface area contributed by atoms with E-state index in [1.807, 2.05) is 38.1 Å². The number of hydrogen-bond acceptors (Lipinski definition) is 4. The summed E-state index contributed by atoms with van der Waals surface area (Å²) in [5.41, 5.74) is 7.66. The average Bonchev–Trinajstić information content (AvgIpc) is 2.72. The molecule has 1 aromatic carbocycles. The number of benzene rings is 1. The lowest BCUT2D eigenvalue weighted by Gasteiger charge is -2.03. The Morgan fingerprint density at radius 2 is 1.94 bits per heavy atom. The van der Waals surface area contributed by atoms with Gasteiger partial charge in [0.05, 0.1) is 6.61 Å². The van der Waals surface area contributed by atoms with Crippen LogP contribution in [-0.4, -0.2) is 11.8 Å². The number of ether oxygens (including phenoxy) is 1. The predicted octanol–water partition coefficient (Wildman–Crippen LogP) is 2.88. The molecule has 1 heterocycles. The summed E-state index contributed by atoms with van der Waals surface area (Å²) in [5.74, 6) is 2.06. The van der Waals surface area contributed by atoms with Gasteiger partial charge in [-0.3, -0.25) is 0 Å². The van der Waals surface area contributed by atoms with Gasteiger partial charge < -0.3 is 15.0 Å². The molecule has 0 radical (unpaired) electrons. The molecule has 0 aliphatic heterocycles. The van der Waals surface area contributed by atoms with Crippen molar-refractivity contribution < 1.29 is 9.26 Å². The molecule has 2 N–H and O–H groups in total. The van der Waals surface area contributed by atoms with Crippen molar-refractivity contribution in [2.24, 2.45) is 0 Å². The molecule has 0 amide bonds. The number of nitrogens with two attached hydrogens (primary N) is 1. The fourth-order valence-electron chi connectivity index (χ4n) is 1.76. The van der Waals surface area contributed by atoms with Crippen LogP contribution in [0.25, 0.3) is 11.3 Å². The van der Waals surface area contributed by atoms with Crippen LogP contribution in [0.2, 0.25) is 0 Å². The first kappa shape index (κ1) is 11.5. The molecule has 2 aromatic rings. The van der Waals surface area contributed by atoms with E-state index in [9.17, 15) is 0 Å². The minimum absolute atomic E-state index is 0.469. The maximum atomic E-state index is 5.74. The smallest absolute Gasteiger partial charge is 0.172 e. The summed E-state index contributed by atoms with van der Waals surface area (Å²) in [6.45, 7) is 4.65. The molecule has 0 saturated carbocycles. The number of anilines is 1. The van der Waals surface area contributed by atoms with Gasteiger partial charge >= 0.3 is 0 Å². The van der Waals surface area contributed by atoms with Gasteiger partial charge in [-0.2, -0.15) is 0 Å². The Balaban J connectivity index is 2.33. The molecule has 17 heavy (non-hydrogen) atoms. The van der Waals surface area contributed by atoms with Gasteiger partial charge in [-0.15, -0.1) is 0 Å². The summed E-state index contributed by atoms with van der Waals surface area (Å²) < 4.78 is 10.6. The van der Waals surface area contributed by atoms with Crippen LogP contribution in [0.5, 0.6) is 5.75 Å². The standard InChI is InChI=1S/C13H16N2O2/c1-3-11-12(17-15-13(11)14)9-5-7-10(8-6-9)16-4-2/h5-8H,3-4H2,1-2H3,(H2,14,15). The fraction of sp³-hybridized carbons (Fsp3) is 0.308. The van der Waals surface area contributed by atoms with E-state index in [4.69, 9.17) is 15.0 Å². The normalized spacial score (nSPS) is 10.5. The quantitative estimate of drug-likeness (QED) is 0.880. The number of hydrogen-bond donors (Lipinski definition) is 1. The SMILES string of the molecule is CCOc1ccc(-c2onc(N)c2CC)cc1. The average molecular weight is 232 g/mol. The molecular weight excluding hydrogens is 216 g/mol. The molecule has 1 aromatic heterocycles. The molecule has 0 spiro atoms. The zero-order valence-electron chi connectivity index (χ0n) is 10.1. The van der Waals surface area contributed by atoms with Crippen molar-refractivity contribution in [3.05, 3.63) is 29.8 Å². The highest BCUT2D eigenvalue weighted by atomic mass is 16.5. The van der Waals surface area contributed by atoms with Gasteiger partial charge in [0.1, 0.15) is 5.75 Å². The Bertz CT molecular complexity index is 489. The zero-order chi connectivity index (χ0) is 12.3. The van der Waals surface area contributed by atoms with E-state index in [2.05, 4.69) is 5.16 Å². The minimum atomic E-state index is 0.469. The van der Waals surface area contributed by atoms with Crippen LogP contribution in [0.15, 0.2) is 28.8 Å². The van der Waals surface area contributed by atoms with Crippen LogP contribution in [-0.2, 0) is 6.42 Å². The Labute approximate surface area is 100 Å². The van der Waals surface area contributed by atoms with E-state index in [1.54, 1.807) is 0 Å². The third-order valence-corrected chi connectivity index (χ3v) is 2.60. The van der Waals surface area contributed by atoms with Gasteiger partial charge in [-0.05, 0) is 37.6 Å². The minimum Gasteiger partial charge on any atom is -0.494 e. The second-order valence-corrected chi connectivity index (χ2v) is 3.69. The molecule has 0 fully saturated rings. The Kier molecular flexibility index (Phi) is 3.32. The van der Waals surface area contributed by atoms with Crippen molar-refractivity contribution in [2.75, 3.05) is 12.3 Å². The molecule has 2 rings (SSSR count). The maximum absolute atomic E-state index is 5.74. The highest BCUT2D eigenvalue weighted by Gasteiger charge is 2.13. The van der Waals surface area contributed by atoms with E-state index < -0.39 is 0 Å². The Hall–Kier alpha value is -1.97. The molecule has 90 valence electrons. The number of nitrogens with zero attached hydrogens (tertiary/aromatic N) is 1. The predicted molar refractivity (Wildman–Crippen MR) is 66.9 cm³/mol. The third-order valence-electron chi connectivity index (χ3n) is 2.60. The molecule has 0 atom stereocenters.